The third kappa shape index (κ3) is 3.15. The highest BCUT2D eigenvalue weighted by Gasteiger charge is 2.14. The summed E-state index contributed by atoms with van der Waals surface area (Å²) in [5.74, 6) is 0.0176. The second kappa shape index (κ2) is 7.17. The van der Waals surface area contributed by atoms with Gasteiger partial charge in [0.25, 0.3) is 0 Å². The molecule has 27 heavy (non-hydrogen) atoms. The molecule has 4 heteroatoms. The fraction of sp³-hybridized carbons (Fsp3) is 0.130. The number of hydrogen-bond donors (Lipinski definition) is 1. The Kier molecular flexibility index (Phi) is 4.57. The maximum absolute atomic E-state index is 12.5. The summed E-state index contributed by atoms with van der Waals surface area (Å²) in [6.45, 7) is 2.43. The van der Waals surface area contributed by atoms with Crippen LogP contribution in [0.4, 0.5) is 0 Å². The Bertz CT molecular complexity index is 1170. The molecule has 0 aliphatic carbocycles. The monoisotopic (exact) mass is 355 g/mol. The summed E-state index contributed by atoms with van der Waals surface area (Å²) in [5.41, 5.74) is 9.80. The molecule has 0 saturated heterocycles. The molecule has 0 saturated carbocycles. The first kappa shape index (κ1) is 17.2. The van der Waals surface area contributed by atoms with Crippen LogP contribution in [0.1, 0.15) is 29.3 Å². The van der Waals surface area contributed by atoms with Crippen molar-refractivity contribution in [2.24, 2.45) is 5.73 Å². The molecule has 2 heterocycles. The van der Waals surface area contributed by atoms with Crippen LogP contribution in [-0.4, -0.2) is 22.0 Å². The van der Waals surface area contributed by atoms with Gasteiger partial charge in [-0.25, -0.2) is 0 Å². The van der Waals surface area contributed by atoms with E-state index in [1.807, 2.05) is 48.9 Å². The SMILES string of the molecule is C/C(=C\c1cccc2cnccc12)c1cn(C(=O)CCN)c2ccccc12. The van der Waals surface area contributed by atoms with Crippen LogP contribution < -0.4 is 5.73 Å². The molecule has 0 bridgehead atoms. The summed E-state index contributed by atoms with van der Waals surface area (Å²) in [4.78, 5) is 16.7. The van der Waals surface area contributed by atoms with Crippen molar-refractivity contribution in [3.05, 3.63) is 78.2 Å². The van der Waals surface area contributed by atoms with Gasteiger partial charge in [-0.3, -0.25) is 14.3 Å². The van der Waals surface area contributed by atoms with Gasteiger partial charge in [0.2, 0.25) is 5.91 Å². The molecule has 0 spiro atoms. The van der Waals surface area contributed by atoms with Gasteiger partial charge in [0, 0.05) is 47.9 Å². The van der Waals surface area contributed by atoms with Crippen LogP contribution in [0.2, 0.25) is 0 Å². The summed E-state index contributed by atoms with van der Waals surface area (Å²) < 4.78 is 1.72. The number of para-hydroxylation sites is 1. The molecular formula is C23H21N3O. The zero-order valence-corrected chi connectivity index (χ0v) is 15.2. The number of nitrogens with two attached hydrogens (primary N) is 1. The fourth-order valence-electron chi connectivity index (χ4n) is 3.53. The summed E-state index contributed by atoms with van der Waals surface area (Å²) in [6, 6.07) is 16.2. The highest BCUT2D eigenvalue weighted by atomic mass is 16.2. The van der Waals surface area contributed by atoms with E-state index in [0.717, 1.165) is 38.4 Å². The first-order chi connectivity index (χ1) is 13.2. The molecule has 4 rings (SSSR count). The summed E-state index contributed by atoms with van der Waals surface area (Å²) in [5, 5.41) is 3.34. The van der Waals surface area contributed by atoms with Gasteiger partial charge in [-0.05, 0) is 35.6 Å². The molecule has 0 fully saturated rings. The van der Waals surface area contributed by atoms with Gasteiger partial charge in [0.1, 0.15) is 0 Å². The van der Waals surface area contributed by atoms with Crippen LogP contribution in [0.3, 0.4) is 0 Å². The normalized spacial score (nSPS) is 12.0. The third-order valence-electron chi connectivity index (χ3n) is 4.85. The lowest BCUT2D eigenvalue weighted by Gasteiger charge is -2.04. The number of carbonyl (C=O) groups is 1. The second-order valence-electron chi connectivity index (χ2n) is 6.63. The Morgan fingerprint density at radius 2 is 1.96 bits per heavy atom. The van der Waals surface area contributed by atoms with Crippen molar-refractivity contribution < 1.29 is 4.79 Å². The summed E-state index contributed by atoms with van der Waals surface area (Å²) >= 11 is 0. The lowest BCUT2D eigenvalue weighted by molar-refractivity contribution is 0.0911. The Labute approximate surface area is 157 Å². The Hall–Kier alpha value is -3.24. The van der Waals surface area contributed by atoms with Gasteiger partial charge >= 0.3 is 0 Å². The molecule has 2 aromatic carbocycles. The number of benzene rings is 2. The molecule has 0 atom stereocenters. The van der Waals surface area contributed by atoms with Crippen LogP contribution in [0.5, 0.6) is 0 Å². The van der Waals surface area contributed by atoms with Gasteiger partial charge in [0.15, 0.2) is 0 Å². The minimum atomic E-state index is 0.0176. The second-order valence-corrected chi connectivity index (χ2v) is 6.63. The number of fused-ring (bicyclic) bond motifs is 2. The molecule has 2 aromatic heterocycles. The Morgan fingerprint density at radius 1 is 1.11 bits per heavy atom. The maximum atomic E-state index is 12.5. The summed E-state index contributed by atoms with van der Waals surface area (Å²) in [7, 11) is 0. The van der Waals surface area contributed by atoms with Crippen molar-refractivity contribution in [3.63, 3.8) is 0 Å². The number of aromatic nitrogens is 2. The third-order valence-corrected chi connectivity index (χ3v) is 4.85. The van der Waals surface area contributed by atoms with Crippen molar-refractivity contribution >= 4 is 39.2 Å². The zero-order chi connectivity index (χ0) is 18.8. The zero-order valence-electron chi connectivity index (χ0n) is 15.2. The molecule has 134 valence electrons. The standard InChI is InChI=1S/C23H21N3O/c1-16(13-17-5-4-6-18-14-25-12-10-19(17)18)21-15-26(23(27)9-11-24)22-8-3-2-7-20(21)22/h2-8,10,12-15H,9,11,24H2,1H3/b16-13+. The predicted molar refractivity (Wildman–Crippen MR) is 112 cm³/mol. The van der Waals surface area contributed by atoms with Crippen LogP contribution in [0.25, 0.3) is 33.3 Å². The van der Waals surface area contributed by atoms with Crippen molar-refractivity contribution in [3.8, 4) is 0 Å². The van der Waals surface area contributed by atoms with E-state index in [1.54, 1.807) is 4.57 Å². The van der Waals surface area contributed by atoms with Crippen molar-refractivity contribution in [1.29, 1.82) is 0 Å². The van der Waals surface area contributed by atoms with Crippen molar-refractivity contribution in [2.45, 2.75) is 13.3 Å². The summed E-state index contributed by atoms with van der Waals surface area (Å²) in [6.07, 6.45) is 8.12. The lowest BCUT2D eigenvalue weighted by atomic mass is 10.0. The first-order valence-corrected chi connectivity index (χ1v) is 9.04. The van der Waals surface area contributed by atoms with E-state index in [-0.39, 0.29) is 5.91 Å². The molecular weight excluding hydrogens is 334 g/mol. The molecule has 0 aliphatic heterocycles. The smallest absolute Gasteiger partial charge is 0.232 e. The Morgan fingerprint density at radius 3 is 2.81 bits per heavy atom. The fourth-order valence-corrected chi connectivity index (χ4v) is 3.53. The van der Waals surface area contributed by atoms with E-state index in [0.29, 0.717) is 13.0 Å². The van der Waals surface area contributed by atoms with Crippen LogP contribution in [0, 0.1) is 0 Å². The average Bonchev–Trinajstić information content (AvgIpc) is 3.08. The molecule has 0 unspecified atom stereocenters. The van der Waals surface area contributed by atoms with Crippen molar-refractivity contribution in [2.75, 3.05) is 6.54 Å². The number of nitrogens with zero attached hydrogens (tertiary/aromatic N) is 2. The lowest BCUT2D eigenvalue weighted by Crippen LogP contribution is -2.14. The minimum Gasteiger partial charge on any atom is -0.330 e. The van der Waals surface area contributed by atoms with Gasteiger partial charge < -0.3 is 5.73 Å². The molecule has 0 aliphatic rings. The van der Waals surface area contributed by atoms with E-state index < -0.39 is 0 Å². The topological polar surface area (TPSA) is 60.9 Å². The number of rotatable bonds is 4. The maximum Gasteiger partial charge on any atom is 0.232 e. The largest absolute Gasteiger partial charge is 0.330 e. The average molecular weight is 355 g/mol. The van der Waals surface area contributed by atoms with E-state index in [4.69, 9.17) is 5.73 Å². The van der Waals surface area contributed by atoms with Crippen molar-refractivity contribution in [1.82, 2.24) is 9.55 Å². The molecule has 4 nitrogen and oxygen atoms in total. The van der Waals surface area contributed by atoms with Crippen LogP contribution in [0.15, 0.2) is 67.1 Å². The molecule has 4 aromatic rings. The highest BCUT2D eigenvalue weighted by molar-refractivity contribution is 6.03. The number of pyridine rings is 1. The molecule has 0 radical (unpaired) electrons. The number of carbonyl (C=O) groups excluding carboxylic acids is 1. The minimum absolute atomic E-state index is 0.0176. The highest BCUT2D eigenvalue weighted by Crippen LogP contribution is 2.30. The Balaban J connectivity index is 1.86. The van der Waals surface area contributed by atoms with Gasteiger partial charge in [0.05, 0.1) is 5.52 Å². The number of hydrogen-bond acceptors (Lipinski definition) is 3. The van der Waals surface area contributed by atoms with Gasteiger partial charge in [-0.15, -0.1) is 0 Å². The predicted octanol–water partition coefficient (Wildman–Crippen LogP) is 4.74. The molecule has 2 N–H and O–H groups in total. The van der Waals surface area contributed by atoms with E-state index in [2.05, 4.69) is 36.2 Å². The van der Waals surface area contributed by atoms with E-state index in [1.165, 1.54) is 0 Å². The van der Waals surface area contributed by atoms with Crippen LogP contribution in [-0.2, 0) is 0 Å². The quantitative estimate of drug-likeness (QED) is 0.575. The van der Waals surface area contributed by atoms with Gasteiger partial charge in [-0.2, -0.15) is 0 Å². The van der Waals surface area contributed by atoms with E-state index in [9.17, 15) is 4.79 Å². The first-order valence-electron chi connectivity index (χ1n) is 9.04. The van der Waals surface area contributed by atoms with Gasteiger partial charge in [-0.1, -0.05) is 42.5 Å². The number of allylic oxidation sites excluding steroid dienone is 1. The van der Waals surface area contributed by atoms with Crippen LogP contribution >= 0.6 is 0 Å². The molecule has 0 amide bonds. The van der Waals surface area contributed by atoms with E-state index >= 15 is 0 Å².